The Kier molecular flexibility index (Phi) is 1.40. The van der Waals surface area contributed by atoms with Crippen molar-refractivity contribution < 1.29 is 0 Å². The first kappa shape index (κ1) is 7.41. The maximum absolute atomic E-state index is 2.52. The molecule has 12 heavy (non-hydrogen) atoms. The molecule has 0 saturated heterocycles. The van der Waals surface area contributed by atoms with Gasteiger partial charge in [-0.1, -0.05) is 26.2 Å². The normalized spacial score (nSPS) is 57.2. The Balaban J connectivity index is 1.88. The van der Waals surface area contributed by atoms with Crippen molar-refractivity contribution in [2.24, 2.45) is 23.2 Å². The van der Waals surface area contributed by atoms with Crippen LogP contribution in [0.3, 0.4) is 0 Å². The molecule has 68 valence electrons. The van der Waals surface area contributed by atoms with Gasteiger partial charge in [0.05, 0.1) is 0 Å². The zero-order chi connectivity index (χ0) is 8.18. The molecule has 0 radical (unpaired) electrons. The molecule has 3 aliphatic rings. The fourth-order valence-electron chi connectivity index (χ4n) is 4.65. The minimum Gasteiger partial charge on any atom is -0.0617 e. The molecule has 0 heterocycles. The molecule has 3 rings (SSSR count). The first-order chi connectivity index (χ1) is 5.86. The third-order valence-corrected chi connectivity index (χ3v) is 5.27. The van der Waals surface area contributed by atoms with Gasteiger partial charge in [0.2, 0.25) is 0 Å². The lowest BCUT2D eigenvalue weighted by atomic mass is 9.69. The number of rotatable bonds is 0. The van der Waals surface area contributed by atoms with Crippen LogP contribution in [0.25, 0.3) is 0 Å². The Morgan fingerprint density at radius 1 is 1.00 bits per heavy atom. The van der Waals surface area contributed by atoms with Crippen molar-refractivity contribution >= 4 is 0 Å². The lowest BCUT2D eigenvalue weighted by Gasteiger charge is -2.36. The first-order valence-electron chi connectivity index (χ1n) is 5.86. The Morgan fingerprint density at radius 2 is 1.83 bits per heavy atom. The van der Waals surface area contributed by atoms with E-state index in [2.05, 4.69) is 6.92 Å². The fourth-order valence-corrected chi connectivity index (χ4v) is 4.65. The Bertz CT molecular complexity index is 194. The van der Waals surface area contributed by atoms with E-state index in [-0.39, 0.29) is 0 Å². The maximum Gasteiger partial charge on any atom is -0.0210 e. The molecule has 0 nitrogen and oxygen atoms in total. The van der Waals surface area contributed by atoms with Crippen molar-refractivity contribution in [3.63, 3.8) is 0 Å². The zero-order valence-corrected chi connectivity index (χ0v) is 8.18. The second-order valence-electron chi connectivity index (χ2n) is 5.38. The molecular formula is C12H20. The first-order valence-corrected chi connectivity index (χ1v) is 5.86. The van der Waals surface area contributed by atoms with E-state index >= 15 is 0 Å². The van der Waals surface area contributed by atoms with Crippen molar-refractivity contribution in [3.8, 4) is 0 Å². The highest BCUT2D eigenvalue weighted by atomic mass is 14.7. The summed E-state index contributed by atoms with van der Waals surface area (Å²) in [4.78, 5) is 0. The van der Waals surface area contributed by atoms with Crippen molar-refractivity contribution in [1.82, 2.24) is 0 Å². The predicted molar refractivity (Wildman–Crippen MR) is 50.9 cm³/mol. The van der Waals surface area contributed by atoms with Crippen LogP contribution in [0, 0.1) is 23.2 Å². The molecular weight excluding hydrogens is 144 g/mol. The highest BCUT2D eigenvalue weighted by Gasteiger charge is 2.65. The molecule has 4 unspecified atom stereocenters. The highest BCUT2D eigenvalue weighted by Crippen LogP contribution is 2.73. The van der Waals surface area contributed by atoms with E-state index in [0.717, 1.165) is 23.2 Å². The topological polar surface area (TPSA) is 0 Å². The van der Waals surface area contributed by atoms with E-state index in [1.165, 1.54) is 12.8 Å². The summed E-state index contributed by atoms with van der Waals surface area (Å²) < 4.78 is 0. The summed E-state index contributed by atoms with van der Waals surface area (Å²) in [7, 11) is 0. The second kappa shape index (κ2) is 2.27. The van der Waals surface area contributed by atoms with E-state index in [9.17, 15) is 0 Å². The van der Waals surface area contributed by atoms with Gasteiger partial charge in [0.1, 0.15) is 0 Å². The molecule has 0 aromatic carbocycles. The lowest BCUT2D eigenvalue weighted by molar-refractivity contribution is 0.141. The third kappa shape index (κ3) is 0.701. The summed E-state index contributed by atoms with van der Waals surface area (Å²) in [5.41, 5.74) is 0.899. The van der Waals surface area contributed by atoms with Crippen LogP contribution in [0.1, 0.15) is 51.9 Å². The molecule has 0 amide bonds. The SMILES string of the molecule is CC1C2CCCC3CCCCC312. The predicted octanol–water partition coefficient (Wildman–Crippen LogP) is 3.61. The summed E-state index contributed by atoms with van der Waals surface area (Å²) in [5.74, 6) is 3.42. The van der Waals surface area contributed by atoms with Crippen LogP contribution in [0.4, 0.5) is 0 Å². The molecule has 1 spiro atoms. The van der Waals surface area contributed by atoms with Crippen LogP contribution < -0.4 is 0 Å². The Hall–Kier alpha value is 0. The van der Waals surface area contributed by atoms with Gasteiger partial charge in [-0.25, -0.2) is 0 Å². The monoisotopic (exact) mass is 164 g/mol. The van der Waals surface area contributed by atoms with E-state index in [0.29, 0.717) is 0 Å². The summed E-state index contributed by atoms with van der Waals surface area (Å²) in [6, 6.07) is 0. The fraction of sp³-hybridized carbons (Fsp3) is 1.00. The average molecular weight is 164 g/mol. The van der Waals surface area contributed by atoms with Crippen LogP contribution in [0.2, 0.25) is 0 Å². The van der Waals surface area contributed by atoms with E-state index < -0.39 is 0 Å². The van der Waals surface area contributed by atoms with Crippen molar-refractivity contribution in [3.05, 3.63) is 0 Å². The zero-order valence-electron chi connectivity index (χ0n) is 8.18. The summed E-state index contributed by atoms with van der Waals surface area (Å²) in [5, 5.41) is 0. The van der Waals surface area contributed by atoms with Gasteiger partial charge in [-0.2, -0.15) is 0 Å². The van der Waals surface area contributed by atoms with Gasteiger partial charge in [-0.05, 0) is 48.9 Å². The number of hydrogen-bond donors (Lipinski definition) is 0. The second-order valence-corrected chi connectivity index (χ2v) is 5.38. The standard InChI is InChI=1S/C12H20/c1-9-11-7-4-6-10-5-2-3-8-12(9,10)11/h9-11H,2-8H2,1H3. The summed E-state index contributed by atoms with van der Waals surface area (Å²) in [6.45, 7) is 2.52. The molecule has 3 aliphatic carbocycles. The number of hydrogen-bond acceptors (Lipinski definition) is 0. The summed E-state index contributed by atoms with van der Waals surface area (Å²) in [6.07, 6.45) is 10.9. The lowest BCUT2D eigenvalue weighted by Crippen LogP contribution is -2.26. The molecule has 0 aliphatic heterocycles. The van der Waals surface area contributed by atoms with E-state index in [1.54, 1.807) is 32.1 Å². The molecule has 3 saturated carbocycles. The van der Waals surface area contributed by atoms with Crippen LogP contribution in [-0.4, -0.2) is 0 Å². The van der Waals surface area contributed by atoms with Gasteiger partial charge >= 0.3 is 0 Å². The maximum atomic E-state index is 2.52. The van der Waals surface area contributed by atoms with Gasteiger partial charge in [0.25, 0.3) is 0 Å². The van der Waals surface area contributed by atoms with Gasteiger partial charge < -0.3 is 0 Å². The van der Waals surface area contributed by atoms with Gasteiger partial charge in [-0.3, -0.25) is 0 Å². The molecule has 3 fully saturated rings. The van der Waals surface area contributed by atoms with Crippen LogP contribution in [0.5, 0.6) is 0 Å². The molecule has 0 N–H and O–H groups in total. The average Bonchev–Trinajstić information content (AvgIpc) is 2.71. The van der Waals surface area contributed by atoms with Gasteiger partial charge in [-0.15, -0.1) is 0 Å². The van der Waals surface area contributed by atoms with Crippen LogP contribution in [-0.2, 0) is 0 Å². The molecule has 0 bridgehead atoms. The van der Waals surface area contributed by atoms with Crippen molar-refractivity contribution in [2.45, 2.75) is 51.9 Å². The van der Waals surface area contributed by atoms with Gasteiger partial charge in [0, 0.05) is 0 Å². The quantitative estimate of drug-likeness (QED) is 0.513. The molecule has 0 aromatic rings. The van der Waals surface area contributed by atoms with E-state index in [1.807, 2.05) is 0 Å². The largest absolute Gasteiger partial charge is 0.0617 e. The summed E-state index contributed by atoms with van der Waals surface area (Å²) >= 11 is 0. The molecule has 0 aromatic heterocycles. The Morgan fingerprint density at radius 3 is 2.67 bits per heavy atom. The minimum absolute atomic E-state index is 0.899. The van der Waals surface area contributed by atoms with Gasteiger partial charge in [0.15, 0.2) is 0 Å². The smallest absolute Gasteiger partial charge is 0.0210 e. The minimum atomic E-state index is 0.899. The Labute approximate surface area is 75.7 Å². The van der Waals surface area contributed by atoms with Crippen molar-refractivity contribution in [1.29, 1.82) is 0 Å². The molecule has 4 atom stereocenters. The van der Waals surface area contributed by atoms with Crippen molar-refractivity contribution in [2.75, 3.05) is 0 Å². The van der Waals surface area contributed by atoms with Crippen LogP contribution >= 0.6 is 0 Å². The third-order valence-electron chi connectivity index (χ3n) is 5.27. The van der Waals surface area contributed by atoms with E-state index in [4.69, 9.17) is 0 Å². The molecule has 0 heteroatoms. The highest BCUT2D eigenvalue weighted by molar-refractivity contribution is 5.14. The van der Waals surface area contributed by atoms with Crippen LogP contribution in [0.15, 0.2) is 0 Å².